The molecule has 1 heterocycles. The molecule has 35 heavy (non-hydrogen) atoms. The number of para-hydroxylation sites is 2. The average Bonchev–Trinajstić information content (AvgIpc) is 2.86. The van der Waals surface area contributed by atoms with E-state index in [9.17, 15) is 9.59 Å². The Labute approximate surface area is 207 Å². The highest BCUT2D eigenvalue weighted by Crippen LogP contribution is 2.26. The molecule has 0 bridgehead atoms. The average molecular weight is 468 g/mol. The number of benzene rings is 3. The molecular formula is C30H33N3O2. The molecule has 5 heteroatoms. The van der Waals surface area contributed by atoms with Gasteiger partial charge in [0.2, 0.25) is 5.91 Å². The highest BCUT2D eigenvalue weighted by atomic mass is 16.2. The molecule has 0 aliphatic heterocycles. The number of aromatic nitrogens is 2. The SMILES string of the molecule is Cc1ccccc1-n1c(C(C)N(CC(C)C)C(=O)CCc2ccccc2)nc2ccccc2c1=O. The van der Waals surface area contributed by atoms with Crippen LogP contribution >= 0.6 is 0 Å². The minimum absolute atomic E-state index is 0.0637. The maximum atomic E-state index is 13.8. The van der Waals surface area contributed by atoms with Gasteiger partial charge in [-0.15, -0.1) is 0 Å². The maximum Gasteiger partial charge on any atom is 0.266 e. The molecule has 1 aromatic heterocycles. The highest BCUT2D eigenvalue weighted by molar-refractivity contribution is 5.79. The fraction of sp³-hybridized carbons (Fsp3) is 0.300. The number of hydrogen-bond acceptors (Lipinski definition) is 3. The van der Waals surface area contributed by atoms with Crippen molar-refractivity contribution in [3.05, 3.63) is 106 Å². The number of hydrogen-bond donors (Lipinski definition) is 0. The summed E-state index contributed by atoms with van der Waals surface area (Å²) in [6.45, 7) is 8.76. The van der Waals surface area contributed by atoms with E-state index in [0.29, 0.717) is 36.1 Å². The lowest BCUT2D eigenvalue weighted by atomic mass is 10.1. The van der Waals surface area contributed by atoms with Gasteiger partial charge in [-0.2, -0.15) is 0 Å². The van der Waals surface area contributed by atoms with Crippen molar-refractivity contribution in [1.82, 2.24) is 14.5 Å². The van der Waals surface area contributed by atoms with Gasteiger partial charge in [0.25, 0.3) is 5.56 Å². The predicted octanol–water partition coefficient (Wildman–Crippen LogP) is 5.87. The smallest absolute Gasteiger partial charge is 0.266 e. The molecule has 0 saturated heterocycles. The van der Waals surface area contributed by atoms with E-state index in [0.717, 1.165) is 16.8 Å². The number of amides is 1. The summed E-state index contributed by atoms with van der Waals surface area (Å²) in [5, 5.41) is 0.567. The Morgan fingerprint density at radius 3 is 2.29 bits per heavy atom. The van der Waals surface area contributed by atoms with Crippen molar-refractivity contribution in [1.29, 1.82) is 0 Å². The topological polar surface area (TPSA) is 55.2 Å². The molecule has 0 fully saturated rings. The first-order valence-electron chi connectivity index (χ1n) is 12.3. The van der Waals surface area contributed by atoms with Gasteiger partial charge in [0.05, 0.1) is 22.6 Å². The van der Waals surface area contributed by atoms with E-state index < -0.39 is 0 Å². The lowest BCUT2D eigenvalue weighted by molar-refractivity contribution is -0.134. The third kappa shape index (κ3) is 5.35. The molecule has 0 aliphatic rings. The fourth-order valence-corrected chi connectivity index (χ4v) is 4.53. The first-order valence-corrected chi connectivity index (χ1v) is 12.3. The molecular weight excluding hydrogens is 434 g/mol. The van der Waals surface area contributed by atoms with Gasteiger partial charge in [-0.05, 0) is 55.5 Å². The monoisotopic (exact) mass is 467 g/mol. The molecule has 0 aliphatic carbocycles. The Balaban J connectivity index is 1.80. The van der Waals surface area contributed by atoms with Gasteiger partial charge < -0.3 is 4.90 Å². The van der Waals surface area contributed by atoms with Crippen LogP contribution in [0.25, 0.3) is 16.6 Å². The van der Waals surface area contributed by atoms with E-state index in [1.54, 1.807) is 4.57 Å². The fourth-order valence-electron chi connectivity index (χ4n) is 4.53. The second-order valence-corrected chi connectivity index (χ2v) is 9.52. The first-order chi connectivity index (χ1) is 16.9. The van der Waals surface area contributed by atoms with E-state index in [2.05, 4.69) is 13.8 Å². The Hall–Kier alpha value is -3.73. The molecule has 0 spiro atoms. The van der Waals surface area contributed by atoms with E-state index in [1.165, 1.54) is 0 Å². The molecule has 180 valence electrons. The first kappa shape index (κ1) is 24.4. The molecule has 1 amide bonds. The van der Waals surface area contributed by atoms with Crippen LogP contribution in [0.1, 0.15) is 50.2 Å². The van der Waals surface area contributed by atoms with Gasteiger partial charge in [-0.25, -0.2) is 4.98 Å². The summed E-state index contributed by atoms with van der Waals surface area (Å²) in [7, 11) is 0. The van der Waals surface area contributed by atoms with Crippen molar-refractivity contribution in [2.75, 3.05) is 6.54 Å². The van der Waals surface area contributed by atoms with Crippen molar-refractivity contribution in [2.24, 2.45) is 5.92 Å². The summed E-state index contributed by atoms with van der Waals surface area (Å²) >= 11 is 0. The van der Waals surface area contributed by atoms with Crippen molar-refractivity contribution in [3.8, 4) is 5.69 Å². The van der Waals surface area contributed by atoms with Crippen LogP contribution in [-0.4, -0.2) is 26.9 Å². The van der Waals surface area contributed by atoms with Crippen LogP contribution < -0.4 is 5.56 Å². The van der Waals surface area contributed by atoms with E-state index >= 15 is 0 Å². The molecule has 0 radical (unpaired) electrons. The van der Waals surface area contributed by atoms with Gasteiger partial charge in [0.1, 0.15) is 5.82 Å². The Morgan fingerprint density at radius 1 is 0.914 bits per heavy atom. The van der Waals surface area contributed by atoms with Crippen LogP contribution in [0.15, 0.2) is 83.7 Å². The summed E-state index contributed by atoms with van der Waals surface area (Å²) in [5.41, 5.74) is 3.43. The second kappa shape index (κ2) is 10.7. The molecule has 1 atom stereocenters. The van der Waals surface area contributed by atoms with Gasteiger partial charge in [-0.3, -0.25) is 14.2 Å². The molecule has 0 saturated carbocycles. The minimum atomic E-state index is -0.377. The number of aryl methyl sites for hydroxylation is 2. The normalized spacial score (nSPS) is 12.1. The highest BCUT2D eigenvalue weighted by Gasteiger charge is 2.27. The number of carbonyl (C=O) groups is 1. The summed E-state index contributed by atoms with van der Waals surface area (Å²) in [6, 6.07) is 24.9. The van der Waals surface area contributed by atoms with Crippen LogP contribution in [-0.2, 0) is 11.2 Å². The van der Waals surface area contributed by atoms with Gasteiger partial charge >= 0.3 is 0 Å². The minimum Gasteiger partial charge on any atom is -0.333 e. The zero-order valence-corrected chi connectivity index (χ0v) is 20.9. The number of fused-ring (bicyclic) bond motifs is 1. The van der Waals surface area contributed by atoms with Gasteiger partial charge in [0.15, 0.2) is 0 Å². The zero-order valence-electron chi connectivity index (χ0n) is 20.9. The molecule has 4 rings (SSSR count). The van der Waals surface area contributed by atoms with Crippen molar-refractivity contribution in [2.45, 2.75) is 46.6 Å². The van der Waals surface area contributed by atoms with Crippen molar-refractivity contribution < 1.29 is 4.79 Å². The lowest BCUT2D eigenvalue weighted by Gasteiger charge is -2.32. The molecule has 0 N–H and O–H groups in total. The Morgan fingerprint density at radius 2 is 1.57 bits per heavy atom. The van der Waals surface area contributed by atoms with Gasteiger partial charge in [0, 0.05) is 13.0 Å². The predicted molar refractivity (Wildman–Crippen MR) is 142 cm³/mol. The third-order valence-corrected chi connectivity index (χ3v) is 6.35. The Kier molecular flexibility index (Phi) is 7.45. The number of carbonyl (C=O) groups excluding carboxylic acids is 1. The lowest BCUT2D eigenvalue weighted by Crippen LogP contribution is -2.39. The van der Waals surface area contributed by atoms with E-state index in [1.807, 2.05) is 97.6 Å². The molecule has 3 aromatic carbocycles. The largest absolute Gasteiger partial charge is 0.333 e. The van der Waals surface area contributed by atoms with Crippen LogP contribution in [0, 0.1) is 12.8 Å². The summed E-state index contributed by atoms with van der Waals surface area (Å²) < 4.78 is 1.69. The quantitative estimate of drug-likeness (QED) is 0.326. The Bertz CT molecular complexity index is 1380. The maximum absolute atomic E-state index is 13.8. The zero-order chi connectivity index (χ0) is 24.9. The second-order valence-electron chi connectivity index (χ2n) is 9.52. The van der Waals surface area contributed by atoms with Crippen molar-refractivity contribution in [3.63, 3.8) is 0 Å². The molecule has 1 unspecified atom stereocenters. The third-order valence-electron chi connectivity index (χ3n) is 6.35. The van der Waals surface area contributed by atoms with E-state index in [-0.39, 0.29) is 23.4 Å². The molecule has 4 aromatic rings. The molecule has 5 nitrogen and oxygen atoms in total. The van der Waals surface area contributed by atoms with E-state index in [4.69, 9.17) is 4.98 Å². The van der Waals surface area contributed by atoms with Crippen LogP contribution in [0.5, 0.6) is 0 Å². The van der Waals surface area contributed by atoms with Crippen LogP contribution in [0.3, 0.4) is 0 Å². The summed E-state index contributed by atoms with van der Waals surface area (Å²) in [6.07, 6.45) is 1.08. The van der Waals surface area contributed by atoms with Gasteiger partial charge in [-0.1, -0.05) is 74.5 Å². The summed E-state index contributed by atoms with van der Waals surface area (Å²) in [5.74, 6) is 0.919. The van der Waals surface area contributed by atoms with Crippen LogP contribution in [0.2, 0.25) is 0 Å². The number of nitrogens with zero attached hydrogens (tertiary/aromatic N) is 3. The summed E-state index contributed by atoms with van der Waals surface area (Å²) in [4.78, 5) is 34.1. The number of rotatable bonds is 8. The van der Waals surface area contributed by atoms with Crippen molar-refractivity contribution >= 4 is 16.8 Å². The van der Waals surface area contributed by atoms with Crippen LogP contribution in [0.4, 0.5) is 0 Å². The standard InChI is InChI=1S/C30H33N3O2/c1-21(2)20-32(28(34)19-18-24-13-6-5-7-14-24)23(4)29-31-26-16-10-9-15-25(26)30(35)33(29)27-17-11-8-12-22(27)3/h5-17,21,23H,18-20H2,1-4H3.